The quantitative estimate of drug-likeness (QED) is 0.718. The molecule has 6 heteroatoms. The van der Waals surface area contributed by atoms with Gasteiger partial charge in [-0.3, -0.25) is 9.59 Å². The molecule has 0 aromatic heterocycles. The smallest absolute Gasteiger partial charge is 0.313 e. The maximum Gasteiger partial charge on any atom is 0.313 e. The lowest BCUT2D eigenvalue weighted by molar-refractivity contribution is -0.136. The zero-order chi connectivity index (χ0) is 14.3. The highest BCUT2D eigenvalue weighted by Gasteiger charge is 2.15. The number of carbonyl (C=O) groups is 2. The Labute approximate surface area is 117 Å². The number of carbonyl (C=O) groups excluding carboxylic acids is 2. The number of amides is 2. The van der Waals surface area contributed by atoms with E-state index in [1.54, 1.807) is 24.3 Å². The van der Waals surface area contributed by atoms with E-state index < -0.39 is 17.9 Å². The number of para-hydroxylation sites is 1. The zero-order valence-corrected chi connectivity index (χ0v) is 11.4. The highest BCUT2D eigenvalue weighted by molar-refractivity contribution is 6.41. The van der Waals surface area contributed by atoms with Crippen LogP contribution in [0.1, 0.15) is 19.8 Å². The maximum absolute atomic E-state index is 11.6. The number of aliphatic hydroxyl groups is 1. The summed E-state index contributed by atoms with van der Waals surface area (Å²) >= 11 is 5.86. The summed E-state index contributed by atoms with van der Waals surface area (Å²) in [6.45, 7) is 1.98. The Hall–Kier alpha value is -1.59. The lowest BCUT2D eigenvalue weighted by Crippen LogP contribution is -2.39. The van der Waals surface area contributed by atoms with E-state index in [4.69, 9.17) is 11.6 Å². The Morgan fingerprint density at radius 1 is 1.32 bits per heavy atom. The zero-order valence-electron chi connectivity index (χ0n) is 10.6. The molecule has 5 nitrogen and oxygen atoms in total. The van der Waals surface area contributed by atoms with Gasteiger partial charge >= 0.3 is 11.8 Å². The molecule has 0 radical (unpaired) electrons. The summed E-state index contributed by atoms with van der Waals surface area (Å²) in [6, 6.07) is 6.63. The second-order valence-corrected chi connectivity index (χ2v) is 4.49. The molecular formula is C13H17ClN2O3. The van der Waals surface area contributed by atoms with Crippen LogP contribution >= 0.6 is 11.6 Å². The molecule has 1 unspecified atom stereocenters. The first-order valence-electron chi connectivity index (χ1n) is 6.06. The topological polar surface area (TPSA) is 78.4 Å². The van der Waals surface area contributed by atoms with E-state index in [1.165, 1.54) is 0 Å². The molecule has 0 saturated carbocycles. The first-order valence-corrected chi connectivity index (χ1v) is 6.44. The highest BCUT2D eigenvalue weighted by atomic mass is 35.5. The van der Waals surface area contributed by atoms with E-state index in [9.17, 15) is 14.7 Å². The van der Waals surface area contributed by atoms with Crippen molar-refractivity contribution < 1.29 is 14.7 Å². The van der Waals surface area contributed by atoms with Gasteiger partial charge in [0.25, 0.3) is 0 Å². The average molecular weight is 285 g/mol. The van der Waals surface area contributed by atoms with Crippen LogP contribution in [-0.4, -0.2) is 29.6 Å². The van der Waals surface area contributed by atoms with Crippen molar-refractivity contribution in [2.45, 2.75) is 25.9 Å². The number of hydrogen-bond donors (Lipinski definition) is 3. The van der Waals surface area contributed by atoms with Crippen molar-refractivity contribution in [1.29, 1.82) is 0 Å². The summed E-state index contributed by atoms with van der Waals surface area (Å²) in [5.41, 5.74) is 0.374. The number of benzene rings is 1. The predicted molar refractivity (Wildman–Crippen MR) is 74.0 cm³/mol. The number of hydrogen-bond acceptors (Lipinski definition) is 3. The Kier molecular flexibility index (Phi) is 6.32. The van der Waals surface area contributed by atoms with E-state index in [-0.39, 0.29) is 6.54 Å². The first kappa shape index (κ1) is 15.5. The number of anilines is 1. The van der Waals surface area contributed by atoms with Crippen LogP contribution < -0.4 is 10.6 Å². The van der Waals surface area contributed by atoms with Crippen LogP contribution in [0, 0.1) is 0 Å². The Bertz CT molecular complexity index is 451. The molecule has 0 spiro atoms. The third-order valence-corrected chi connectivity index (χ3v) is 2.78. The normalized spacial score (nSPS) is 11.7. The fourth-order valence-corrected chi connectivity index (χ4v) is 1.65. The molecule has 104 valence electrons. The van der Waals surface area contributed by atoms with E-state index in [0.29, 0.717) is 17.1 Å². The van der Waals surface area contributed by atoms with Gasteiger partial charge in [0, 0.05) is 6.54 Å². The minimum Gasteiger partial charge on any atom is -0.391 e. The van der Waals surface area contributed by atoms with Gasteiger partial charge in [-0.1, -0.05) is 37.1 Å². The minimum absolute atomic E-state index is 0.0581. The lowest BCUT2D eigenvalue weighted by atomic mass is 10.2. The van der Waals surface area contributed by atoms with Gasteiger partial charge < -0.3 is 15.7 Å². The fraction of sp³-hybridized carbons (Fsp3) is 0.385. The van der Waals surface area contributed by atoms with Crippen molar-refractivity contribution in [3.8, 4) is 0 Å². The van der Waals surface area contributed by atoms with Gasteiger partial charge in [-0.15, -0.1) is 0 Å². The third-order valence-electron chi connectivity index (χ3n) is 2.45. The Balaban J connectivity index is 2.45. The van der Waals surface area contributed by atoms with Crippen molar-refractivity contribution in [2.24, 2.45) is 0 Å². The fourth-order valence-electron chi connectivity index (χ4n) is 1.47. The van der Waals surface area contributed by atoms with Gasteiger partial charge in [-0.25, -0.2) is 0 Å². The molecule has 1 atom stereocenters. The van der Waals surface area contributed by atoms with Crippen LogP contribution in [0.3, 0.4) is 0 Å². The summed E-state index contributed by atoms with van der Waals surface area (Å²) in [7, 11) is 0. The van der Waals surface area contributed by atoms with Crippen LogP contribution in [0.5, 0.6) is 0 Å². The summed E-state index contributed by atoms with van der Waals surface area (Å²) < 4.78 is 0. The average Bonchev–Trinajstić information content (AvgIpc) is 2.39. The summed E-state index contributed by atoms with van der Waals surface area (Å²) in [6.07, 6.45) is 0.747. The van der Waals surface area contributed by atoms with Gasteiger partial charge in [0.15, 0.2) is 0 Å². The first-order chi connectivity index (χ1) is 9.04. The number of aliphatic hydroxyl groups excluding tert-OH is 1. The summed E-state index contributed by atoms with van der Waals surface area (Å²) in [4.78, 5) is 23.1. The van der Waals surface area contributed by atoms with Crippen molar-refractivity contribution >= 4 is 29.1 Å². The molecule has 3 N–H and O–H groups in total. The van der Waals surface area contributed by atoms with E-state index >= 15 is 0 Å². The van der Waals surface area contributed by atoms with Gasteiger partial charge in [0.2, 0.25) is 0 Å². The second kappa shape index (κ2) is 7.76. The van der Waals surface area contributed by atoms with Crippen LogP contribution in [0.4, 0.5) is 5.69 Å². The molecule has 1 aromatic carbocycles. The molecule has 0 aliphatic rings. The van der Waals surface area contributed by atoms with Gasteiger partial charge in [-0.2, -0.15) is 0 Å². The monoisotopic (exact) mass is 284 g/mol. The van der Waals surface area contributed by atoms with E-state index in [1.807, 2.05) is 6.92 Å². The summed E-state index contributed by atoms with van der Waals surface area (Å²) in [5, 5.41) is 14.6. The molecule has 19 heavy (non-hydrogen) atoms. The molecule has 0 bridgehead atoms. The van der Waals surface area contributed by atoms with Gasteiger partial charge in [0.1, 0.15) is 0 Å². The second-order valence-electron chi connectivity index (χ2n) is 4.09. The largest absolute Gasteiger partial charge is 0.391 e. The molecule has 0 aliphatic heterocycles. The number of nitrogens with one attached hydrogen (secondary N) is 2. The number of rotatable bonds is 5. The van der Waals surface area contributed by atoms with E-state index in [0.717, 1.165) is 6.42 Å². The van der Waals surface area contributed by atoms with Crippen molar-refractivity contribution in [2.75, 3.05) is 11.9 Å². The third kappa shape index (κ3) is 5.28. The number of halogens is 1. The van der Waals surface area contributed by atoms with E-state index in [2.05, 4.69) is 10.6 Å². The van der Waals surface area contributed by atoms with Crippen LogP contribution in [-0.2, 0) is 9.59 Å². The molecule has 2 amide bonds. The van der Waals surface area contributed by atoms with Crippen LogP contribution in [0.2, 0.25) is 5.02 Å². The van der Waals surface area contributed by atoms with Crippen molar-refractivity contribution in [3.05, 3.63) is 29.3 Å². The molecule has 1 rings (SSSR count). The molecule has 1 aromatic rings. The van der Waals surface area contributed by atoms with Crippen LogP contribution in [0.15, 0.2) is 24.3 Å². The molecule has 0 heterocycles. The molecule has 0 aliphatic carbocycles. The Morgan fingerprint density at radius 3 is 2.63 bits per heavy atom. The maximum atomic E-state index is 11.6. The highest BCUT2D eigenvalue weighted by Crippen LogP contribution is 2.20. The summed E-state index contributed by atoms with van der Waals surface area (Å²) in [5.74, 6) is -1.60. The molecule has 0 fully saturated rings. The molecule has 0 saturated heterocycles. The van der Waals surface area contributed by atoms with Crippen molar-refractivity contribution in [3.63, 3.8) is 0 Å². The minimum atomic E-state index is -0.809. The van der Waals surface area contributed by atoms with Gasteiger partial charge in [0.05, 0.1) is 16.8 Å². The predicted octanol–water partition coefficient (Wildman–Crippen LogP) is 1.56. The van der Waals surface area contributed by atoms with Crippen molar-refractivity contribution in [1.82, 2.24) is 5.32 Å². The SMILES string of the molecule is CCCC(O)CNC(=O)C(=O)Nc1ccccc1Cl. The standard InChI is InChI=1S/C13H17ClN2O3/c1-2-5-9(17)8-15-12(18)13(19)16-11-7-4-3-6-10(11)14/h3-4,6-7,9,17H,2,5,8H2,1H3,(H,15,18)(H,16,19). The Morgan fingerprint density at radius 2 is 2.00 bits per heavy atom. The molecular weight excluding hydrogens is 268 g/mol. The lowest BCUT2D eigenvalue weighted by Gasteiger charge is -2.11. The van der Waals surface area contributed by atoms with Gasteiger partial charge in [-0.05, 0) is 18.6 Å². The van der Waals surface area contributed by atoms with Crippen LogP contribution in [0.25, 0.3) is 0 Å².